The summed E-state index contributed by atoms with van der Waals surface area (Å²) in [4.78, 5) is 7.23. The molecule has 0 saturated heterocycles. The highest BCUT2D eigenvalue weighted by Crippen LogP contribution is 2.24. The molecule has 0 spiro atoms. The van der Waals surface area contributed by atoms with Crippen molar-refractivity contribution >= 4 is 27.3 Å². The fraction of sp³-hybridized carbons (Fsp3) is 0. The summed E-state index contributed by atoms with van der Waals surface area (Å²) < 4.78 is 38.7. The number of hydrogen-bond donors (Lipinski definition) is 1. The lowest BCUT2D eigenvalue weighted by Crippen LogP contribution is -2.16. The zero-order valence-corrected chi connectivity index (χ0v) is 10.4. The molecule has 5 nitrogen and oxygen atoms in total. The molecule has 94 valence electrons. The van der Waals surface area contributed by atoms with E-state index in [-0.39, 0.29) is 15.9 Å². The molecule has 1 N–H and O–H groups in total. The number of rotatable bonds is 3. The van der Waals surface area contributed by atoms with Crippen LogP contribution in [0.1, 0.15) is 0 Å². The van der Waals surface area contributed by atoms with E-state index in [9.17, 15) is 12.8 Å². The van der Waals surface area contributed by atoms with Crippen molar-refractivity contribution in [3.8, 4) is 0 Å². The van der Waals surface area contributed by atoms with E-state index in [1.807, 2.05) is 0 Å². The summed E-state index contributed by atoms with van der Waals surface area (Å²) in [5, 5.41) is -0.431. The Bertz CT molecular complexity index is 664. The normalized spacial score (nSPS) is 11.2. The van der Waals surface area contributed by atoms with E-state index in [0.29, 0.717) is 0 Å². The Hall–Kier alpha value is -1.73. The number of aromatic nitrogens is 2. The monoisotopic (exact) mass is 287 g/mol. The number of benzene rings is 1. The number of nitrogens with zero attached hydrogens (tertiary/aromatic N) is 2. The first-order valence-electron chi connectivity index (χ1n) is 4.74. The minimum Gasteiger partial charge on any atom is -0.275 e. The summed E-state index contributed by atoms with van der Waals surface area (Å²) in [5.74, 6) is -0.557. The molecular weight excluding hydrogens is 281 g/mol. The molecule has 1 aromatic heterocycles. The predicted molar refractivity (Wildman–Crippen MR) is 64.3 cm³/mol. The fourth-order valence-electron chi connectivity index (χ4n) is 1.19. The highest BCUT2D eigenvalue weighted by atomic mass is 35.5. The fourth-order valence-corrected chi connectivity index (χ4v) is 2.42. The average molecular weight is 288 g/mol. The van der Waals surface area contributed by atoms with Crippen molar-refractivity contribution in [3.05, 3.63) is 47.5 Å². The molecule has 0 amide bonds. The van der Waals surface area contributed by atoms with E-state index < -0.39 is 15.8 Å². The molecule has 2 rings (SSSR count). The van der Waals surface area contributed by atoms with Crippen LogP contribution < -0.4 is 4.72 Å². The lowest BCUT2D eigenvalue weighted by molar-refractivity contribution is 0.592. The van der Waals surface area contributed by atoms with Gasteiger partial charge in [0.05, 0.1) is 10.7 Å². The van der Waals surface area contributed by atoms with Gasteiger partial charge in [-0.1, -0.05) is 11.6 Å². The third kappa shape index (κ3) is 2.74. The van der Waals surface area contributed by atoms with Crippen LogP contribution in [0.15, 0.2) is 41.8 Å². The Labute approximate surface area is 108 Å². The van der Waals surface area contributed by atoms with Crippen LogP contribution >= 0.6 is 11.6 Å². The van der Waals surface area contributed by atoms with E-state index in [4.69, 9.17) is 11.6 Å². The van der Waals surface area contributed by atoms with E-state index in [1.165, 1.54) is 24.5 Å². The Balaban J connectivity index is 2.34. The van der Waals surface area contributed by atoms with Crippen molar-refractivity contribution in [2.45, 2.75) is 5.16 Å². The first kappa shape index (κ1) is 12.7. The molecule has 0 atom stereocenters. The van der Waals surface area contributed by atoms with Crippen molar-refractivity contribution in [2.75, 3.05) is 4.72 Å². The van der Waals surface area contributed by atoms with Crippen molar-refractivity contribution in [3.63, 3.8) is 0 Å². The number of hydrogen-bond acceptors (Lipinski definition) is 4. The van der Waals surface area contributed by atoms with E-state index in [2.05, 4.69) is 14.7 Å². The second-order valence-electron chi connectivity index (χ2n) is 3.26. The summed E-state index contributed by atoms with van der Waals surface area (Å²) in [6, 6.07) is 4.81. The van der Waals surface area contributed by atoms with Gasteiger partial charge in [-0.05, 0) is 24.3 Å². The molecule has 0 unspecified atom stereocenters. The molecule has 2 aromatic rings. The third-order valence-electron chi connectivity index (χ3n) is 1.96. The van der Waals surface area contributed by atoms with Gasteiger partial charge in [0.1, 0.15) is 5.82 Å². The second kappa shape index (κ2) is 4.87. The minimum atomic E-state index is -3.93. The van der Waals surface area contributed by atoms with Crippen LogP contribution in [0.3, 0.4) is 0 Å². The SMILES string of the molecule is O=S(=O)(Nc1ccc(F)cc1Cl)c1ncccn1. The van der Waals surface area contributed by atoms with E-state index in [0.717, 1.165) is 12.1 Å². The Morgan fingerprint density at radius 2 is 1.89 bits per heavy atom. The van der Waals surface area contributed by atoms with Crippen molar-refractivity contribution in [1.82, 2.24) is 9.97 Å². The van der Waals surface area contributed by atoms with E-state index in [1.54, 1.807) is 0 Å². The Morgan fingerprint density at radius 3 is 2.50 bits per heavy atom. The largest absolute Gasteiger partial charge is 0.297 e. The quantitative estimate of drug-likeness (QED) is 0.877. The molecule has 1 aromatic carbocycles. The number of halogens is 2. The van der Waals surface area contributed by atoms with Crippen LogP contribution in [0.5, 0.6) is 0 Å². The van der Waals surface area contributed by atoms with Gasteiger partial charge in [-0.2, -0.15) is 8.42 Å². The van der Waals surface area contributed by atoms with Gasteiger partial charge in [-0.3, -0.25) is 4.72 Å². The molecule has 0 bridgehead atoms. The van der Waals surface area contributed by atoms with Gasteiger partial charge >= 0.3 is 0 Å². The molecule has 0 fully saturated rings. The molecule has 1 heterocycles. The highest BCUT2D eigenvalue weighted by molar-refractivity contribution is 7.92. The lowest BCUT2D eigenvalue weighted by atomic mass is 10.3. The van der Waals surface area contributed by atoms with Crippen LogP contribution in [-0.2, 0) is 10.0 Å². The summed E-state index contributed by atoms with van der Waals surface area (Å²) in [7, 11) is -3.93. The summed E-state index contributed by atoms with van der Waals surface area (Å²) in [6.45, 7) is 0. The number of sulfonamides is 1. The van der Waals surface area contributed by atoms with Crippen molar-refractivity contribution in [2.24, 2.45) is 0 Å². The standard InChI is InChI=1S/C10H7ClFN3O2S/c11-8-6-7(12)2-3-9(8)15-18(16,17)10-13-4-1-5-14-10/h1-6,15H. The molecule has 0 aliphatic carbocycles. The summed E-state index contributed by atoms with van der Waals surface area (Å²) >= 11 is 5.72. The zero-order valence-electron chi connectivity index (χ0n) is 8.84. The number of anilines is 1. The van der Waals surface area contributed by atoms with Gasteiger partial charge in [0.2, 0.25) is 0 Å². The molecular formula is C10H7ClFN3O2S. The van der Waals surface area contributed by atoms with E-state index >= 15 is 0 Å². The van der Waals surface area contributed by atoms with Gasteiger partial charge < -0.3 is 0 Å². The third-order valence-corrected chi connectivity index (χ3v) is 3.45. The molecule has 0 saturated carbocycles. The number of nitrogens with one attached hydrogen (secondary N) is 1. The first-order valence-corrected chi connectivity index (χ1v) is 6.60. The molecule has 0 radical (unpaired) electrons. The maximum Gasteiger partial charge on any atom is 0.297 e. The highest BCUT2D eigenvalue weighted by Gasteiger charge is 2.18. The maximum atomic E-state index is 12.8. The molecule has 18 heavy (non-hydrogen) atoms. The van der Waals surface area contributed by atoms with Gasteiger partial charge in [-0.15, -0.1) is 0 Å². The molecule has 0 aliphatic heterocycles. The lowest BCUT2D eigenvalue weighted by Gasteiger charge is -2.07. The van der Waals surface area contributed by atoms with Crippen LogP contribution in [0.4, 0.5) is 10.1 Å². The van der Waals surface area contributed by atoms with Crippen LogP contribution in [-0.4, -0.2) is 18.4 Å². The smallest absolute Gasteiger partial charge is 0.275 e. The van der Waals surface area contributed by atoms with Gasteiger partial charge in [-0.25, -0.2) is 14.4 Å². The second-order valence-corrected chi connectivity index (χ2v) is 5.24. The maximum absolute atomic E-state index is 12.8. The topological polar surface area (TPSA) is 72.0 Å². The first-order chi connectivity index (χ1) is 8.49. The van der Waals surface area contributed by atoms with Crippen LogP contribution in [0.25, 0.3) is 0 Å². The summed E-state index contributed by atoms with van der Waals surface area (Å²) in [5.41, 5.74) is 0.0607. The zero-order chi connectivity index (χ0) is 13.2. The molecule has 8 heteroatoms. The van der Waals surface area contributed by atoms with Crippen molar-refractivity contribution < 1.29 is 12.8 Å². The predicted octanol–water partition coefficient (Wildman–Crippen LogP) is 2.07. The van der Waals surface area contributed by atoms with Gasteiger partial charge in [0.25, 0.3) is 15.2 Å². The van der Waals surface area contributed by atoms with Crippen LogP contribution in [0.2, 0.25) is 5.02 Å². The molecule has 0 aliphatic rings. The Kier molecular flexibility index (Phi) is 3.44. The van der Waals surface area contributed by atoms with Gasteiger partial charge in [0.15, 0.2) is 0 Å². The van der Waals surface area contributed by atoms with Crippen molar-refractivity contribution in [1.29, 1.82) is 0 Å². The summed E-state index contributed by atoms with van der Waals surface area (Å²) in [6.07, 6.45) is 2.60. The Morgan fingerprint density at radius 1 is 1.22 bits per heavy atom. The van der Waals surface area contributed by atoms with Crippen LogP contribution in [0, 0.1) is 5.82 Å². The minimum absolute atomic E-state index is 0.0468. The van der Waals surface area contributed by atoms with Gasteiger partial charge in [0, 0.05) is 12.4 Å². The average Bonchev–Trinajstić information content (AvgIpc) is 2.34.